The molecule has 2 rings (SSSR count). The zero-order chi connectivity index (χ0) is 14.5. The van der Waals surface area contributed by atoms with Crippen LogP contribution in [0.2, 0.25) is 0 Å². The smallest absolute Gasteiger partial charge is 0.117 e. The van der Waals surface area contributed by atoms with Crippen molar-refractivity contribution in [1.29, 1.82) is 0 Å². The fourth-order valence-electron chi connectivity index (χ4n) is 1.76. The number of nitrogen functional groups attached to an aromatic ring is 1. The van der Waals surface area contributed by atoms with Gasteiger partial charge in [0.05, 0.1) is 16.5 Å². The molecule has 3 nitrogen and oxygen atoms in total. The van der Waals surface area contributed by atoms with Crippen LogP contribution in [-0.2, 0) is 0 Å². The fourth-order valence-corrected chi connectivity index (χ4v) is 3.19. The second-order valence-corrected chi connectivity index (χ2v) is 6.37. The number of thioether (sulfide) groups is 1. The van der Waals surface area contributed by atoms with Gasteiger partial charge in [0.1, 0.15) is 5.76 Å². The molecule has 0 unspecified atom stereocenters. The van der Waals surface area contributed by atoms with Gasteiger partial charge in [0, 0.05) is 31.1 Å². The van der Waals surface area contributed by atoms with Crippen LogP contribution in [-0.4, -0.2) is 24.0 Å². The lowest BCUT2D eigenvalue weighted by Gasteiger charge is -2.20. The number of benzene rings is 1. The summed E-state index contributed by atoms with van der Waals surface area (Å²) in [5.41, 5.74) is 6.80. The molecule has 0 spiro atoms. The van der Waals surface area contributed by atoms with E-state index in [-0.39, 0.29) is 5.25 Å². The number of thiocarbonyl (C=S) groups is 1. The van der Waals surface area contributed by atoms with E-state index in [0.29, 0.717) is 0 Å². The Balaban J connectivity index is 2.19. The van der Waals surface area contributed by atoms with Crippen LogP contribution >= 0.6 is 24.0 Å². The number of hydrogen-bond acceptors (Lipinski definition) is 4. The Labute approximate surface area is 129 Å². The van der Waals surface area contributed by atoms with Crippen molar-refractivity contribution < 1.29 is 4.42 Å². The molecule has 1 heterocycles. The van der Waals surface area contributed by atoms with Gasteiger partial charge in [-0.25, -0.2) is 0 Å². The Bertz CT molecular complexity index is 567. The average Bonchev–Trinajstić information content (AvgIpc) is 2.94. The average molecular weight is 306 g/mol. The predicted octanol–water partition coefficient (Wildman–Crippen LogP) is 3.97. The highest BCUT2D eigenvalue weighted by Gasteiger charge is 2.19. The molecule has 0 fully saturated rings. The van der Waals surface area contributed by atoms with Crippen LogP contribution in [0.15, 0.2) is 52.0 Å². The molecule has 0 aliphatic rings. The number of anilines is 1. The Morgan fingerprint density at radius 2 is 2.05 bits per heavy atom. The van der Waals surface area contributed by atoms with E-state index in [1.165, 1.54) is 0 Å². The van der Waals surface area contributed by atoms with Crippen LogP contribution in [0.25, 0.3) is 0 Å². The molecule has 0 aliphatic heterocycles. The van der Waals surface area contributed by atoms with Crippen molar-refractivity contribution in [2.75, 3.05) is 19.8 Å². The van der Waals surface area contributed by atoms with Gasteiger partial charge in [0.15, 0.2) is 0 Å². The standard InChI is InChI=1S/C15H18N2OS2/c1-17(2)15(19)10-14(12-7-5-9-18-12)20-13-8-4-3-6-11(13)16/h3-9,14H,10,16H2,1-2H3/t14-/m1/s1. The van der Waals surface area contributed by atoms with E-state index in [1.54, 1.807) is 18.0 Å². The predicted molar refractivity (Wildman–Crippen MR) is 89.1 cm³/mol. The molecule has 1 aromatic carbocycles. The van der Waals surface area contributed by atoms with Gasteiger partial charge in [-0.3, -0.25) is 0 Å². The van der Waals surface area contributed by atoms with E-state index < -0.39 is 0 Å². The van der Waals surface area contributed by atoms with E-state index in [2.05, 4.69) is 0 Å². The van der Waals surface area contributed by atoms with Gasteiger partial charge in [-0.05, 0) is 24.3 Å². The molecule has 2 N–H and O–H groups in total. The molecule has 106 valence electrons. The number of nitrogens with zero attached hydrogens (tertiary/aromatic N) is 1. The maximum absolute atomic E-state index is 6.02. The molecular formula is C15H18N2OS2. The highest BCUT2D eigenvalue weighted by atomic mass is 32.2. The summed E-state index contributed by atoms with van der Waals surface area (Å²) in [5.74, 6) is 0.919. The quantitative estimate of drug-likeness (QED) is 0.514. The van der Waals surface area contributed by atoms with Crippen molar-refractivity contribution in [3.05, 3.63) is 48.4 Å². The van der Waals surface area contributed by atoms with Gasteiger partial charge in [0.25, 0.3) is 0 Å². The molecule has 2 aromatic rings. The molecule has 1 aromatic heterocycles. The van der Waals surface area contributed by atoms with Gasteiger partial charge >= 0.3 is 0 Å². The Morgan fingerprint density at radius 1 is 1.30 bits per heavy atom. The minimum Gasteiger partial charge on any atom is -0.468 e. The van der Waals surface area contributed by atoms with Gasteiger partial charge < -0.3 is 15.1 Å². The summed E-state index contributed by atoms with van der Waals surface area (Å²) in [6.45, 7) is 0. The van der Waals surface area contributed by atoms with E-state index in [1.807, 2.05) is 55.4 Å². The van der Waals surface area contributed by atoms with Gasteiger partial charge in [-0.2, -0.15) is 0 Å². The summed E-state index contributed by atoms with van der Waals surface area (Å²) in [5, 5.41) is 0.129. The molecule has 5 heteroatoms. The molecule has 0 amide bonds. The third kappa shape index (κ3) is 3.77. The minimum atomic E-state index is 0.129. The first-order valence-corrected chi connectivity index (χ1v) is 7.61. The van der Waals surface area contributed by atoms with Crippen molar-refractivity contribution in [3.63, 3.8) is 0 Å². The monoisotopic (exact) mass is 306 g/mol. The molecule has 0 radical (unpaired) electrons. The topological polar surface area (TPSA) is 42.4 Å². The highest BCUT2D eigenvalue weighted by Crippen LogP contribution is 2.40. The van der Waals surface area contributed by atoms with Crippen molar-refractivity contribution in [2.24, 2.45) is 0 Å². The lowest BCUT2D eigenvalue weighted by Crippen LogP contribution is -2.21. The van der Waals surface area contributed by atoms with E-state index in [0.717, 1.165) is 27.8 Å². The summed E-state index contributed by atoms with van der Waals surface area (Å²) >= 11 is 7.10. The van der Waals surface area contributed by atoms with Crippen molar-refractivity contribution in [2.45, 2.75) is 16.6 Å². The van der Waals surface area contributed by atoms with Crippen LogP contribution < -0.4 is 5.73 Å². The van der Waals surface area contributed by atoms with Crippen molar-refractivity contribution in [3.8, 4) is 0 Å². The molecule has 0 aliphatic carbocycles. The maximum Gasteiger partial charge on any atom is 0.117 e. The Hall–Kier alpha value is -1.46. The molecule has 0 saturated carbocycles. The fraction of sp³-hybridized carbons (Fsp3) is 0.267. The zero-order valence-electron chi connectivity index (χ0n) is 11.6. The number of para-hydroxylation sites is 1. The lowest BCUT2D eigenvalue weighted by atomic mass is 10.2. The Morgan fingerprint density at radius 3 is 2.65 bits per heavy atom. The van der Waals surface area contributed by atoms with Crippen LogP contribution in [0.5, 0.6) is 0 Å². The van der Waals surface area contributed by atoms with Crippen LogP contribution in [0.4, 0.5) is 5.69 Å². The van der Waals surface area contributed by atoms with Crippen molar-refractivity contribution in [1.82, 2.24) is 4.90 Å². The second kappa shape index (κ2) is 6.81. The molecule has 0 bridgehead atoms. The van der Waals surface area contributed by atoms with Crippen LogP contribution in [0, 0.1) is 0 Å². The normalized spacial score (nSPS) is 12.1. The first kappa shape index (κ1) is 14.9. The number of rotatable bonds is 5. The summed E-state index contributed by atoms with van der Waals surface area (Å²) < 4.78 is 5.55. The van der Waals surface area contributed by atoms with Gasteiger partial charge in [-0.15, -0.1) is 11.8 Å². The third-order valence-electron chi connectivity index (χ3n) is 2.91. The number of furan rings is 1. The summed E-state index contributed by atoms with van der Waals surface area (Å²) in [4.78, 5) is 3.91. The first-order chi connectivity index (χ1) is 9.58. The van der Waals surface area contributed by atoms with Crippen LogP contribution in [0.1, 0.15) is 17.4 Å². The largest absolute Gasteiger partial charge is 0.468 e. The summed E-state index contributed by atoms with van der Waals surface area (Å²) in [6.07, 6.45) is 2.44. The van der Waals surface area contributed by atoms with E-state index >= 15 is 0 Å². The first-order valence-electron chi connectivity index (χ1n) is 6.32. The summed E-state index contributed by atoms with van der Waals surface area (Å²) in [7, 11) is 3.92. The maximum atomic E-state index is 6.02. The molecule has 0 saturated heterocycles. The zero-order valence-corrected chi connectivity index (χ0v) is 13.2. The Kier molecular flexibility index (Phi) is 5.09. The third-order valence-corrected chi connectivity index (χ3v) is 4.75. The number of hydrogen-bond donors (Lipinski definition) is 1. The molecular weight excluding hydrogens is 288 g/mol. The van der Waals surface area contributed by atoms with Crippen molar-refractivity contribution >= 4 is 34.7 Å². The molecule has 20 heavy (non-hydrogen) atoms. The van der Waals surface area contributed by atoms with Gasteiger partial charge in [-0.1, -0.05) is 24.4 Å². The van der Waals surface area contributed by atoms with E-state index in [4.69, 9.17) is 22.4 Å². The van der Waals surface area contributed by atoms with Gasteiger partial charge in [0.2, 0.25) is 0 Å². The second-order valence-electron chi connectivity index (χ2n) is 4.65. The minimum absolute atomic E-state index is 0.129. The van der Waals surface area contributed by atoms with E-state index in [9.17, 15) is 0 Å². The summed E-state index contributed by atoms with van der Waals surface area (Å²) in [6, 6.07) is 11.7. The lowest BCUT2D eigenvalue weighted by molar-refractivity contribution is 0.503. The highest BCUT2D eigenvalue weighted by molar-refractivity contribution is 7.99. The van der Waals surface area contributed by atoms with Crippen LogP contribution in [0.3, 0.4) is 0 Å². The number of nitrogens with two attached hydrogens (primary N) is 1. The molecule has 1 atom stereocenters. The SMILES string of the molecule is CN(C)C(=S)C[C@@H](Sc1ccccc1N)c1ccco1.